The summed E-state index contributed by atoms with van der Waals surface area (Å²) in [6.07, 6.45) is 0.889. The van der Waals surface area contributed by atoms with Crippen LogP contribution in [-0.4, -0.2) is 35.5 Å². The number of likely N-dealkylation sites (tertiary alicyclic amines) is 1. The first kappa shape index (κ1) is 18.4. The molecule has 0 spiro atoms. The minimum atomic E-state index is -0.529. The van der Waals surface area contributed by atoms with E-state index in [2.05, 4.69) is 0 Å². The summed E-state index contributed by atoms with van der Waals surface area (Å²) in [5.41, 5.74) is -0.627. The molecule has 132 valence electrons. The maximum atomic E-state index is 13.7. The Hall–Kier alpha value is -1.91. The lowest BCUT2D eigenvalue weighted by molar-refractivity contribution is -0.129. The van der Waals surface area contributed by atoms with Gasteiger partial charge < -0.3 is 9.64 Å². The van der Waals surface area contributed by atoms with Gasteiger partial charge in [0, 0.05) is 24.9 Å². The molecule has 1 saturated heterocycles. The van der Waals surface area contributed by atoms with E-state index < -0.39 is 11.0 Å². The second kappa shape index (κ2) is 6.91. The number of benzene rings is 1. The van der Waals surface area contributed by atoms with E-state index in [0.29, 0.717) is 31.5 Å². The zero-order chi connectivity index (χ0) is 18.0. The Kier molecular flexibility index (Phi) is 5.31. The fraction of sp³-hybridized carbons (Fsp3) is 0.579. The van der Waals surface area contributed by atoms with Crippen LogP contribution in [0, 0.1) is 11.2 Å². The number of ether oxygens (including phenoxy) is 1. The molecule has 1 amide bonds. The van der Waals surface area contributed by atoms with Crippen LogP contribution in [0.2, 0.25) is 0 Å². The second-order valence-corrected chi connectivity index (χ2v) is 7.72. The monoisotopic (exact) mass is 335 g/mol. The molecule has 0 bridgehead atoms. The topological polar surface area (TPSA) is 46.6 Å². The number of rotatable bonds is 3. The quantitative estimate of drug-likeness (QED) is 0.839. The summed E-state index contributed by atoms with van der Waals surface area (Å²) >= 11 is 0. The van der Waals surface area contributed by atoms with Crippen molar-refractivity contribution in [2.24, 2.45) is 5.41 Å². The number of halogens is 1. The minimum absolute atomic E-state index is 0.0245. The van der Waals surface area contributed by atoms with Crippen molar-refractivity contribution in [1.82, 2.24) is 4.90 Å². The van der Waals surface area contributed by atoms with E-state index >= 15 is 0 Å². The van der Waals surface area contributed by atoms with Crippen LogP contribution < -0.4 is 0 Å². The van der Waals surface area contributed by atoms with Gasteiger partial charge in [0.1, 0.15) is 17.2 Å². The fourth-order valence-corrected chi connectivity index (χ4v) is 2.82. The van der Waals surface area contributed by atoms with Gasteiger partial charge in [0.15, 0.2) is 0 Å². The van der Waals surface area contributed by atoms with Crippen molar-refractivity contribution in [3.8, 4) is 0 Å². The molecule has 0 aliphatic carbocycles. The predicted molar refractivity (Wildman–Crippen MR) is 90.3 cm³/mol. The van der Waals surface area contributed by atoms with Crippen LogP contribution >= 0.6 is 0 Å². The van der Waals surface area contributed by atoms with Crippen LogP contribution in [0.15, 0.2) is 24.3 Å². The lowest BCUT2D eigenvalue weighted by atomic mass is 9.75. The molecular formula is C19H26FNO3. The highest BCUT2D eigenvalue weighted by atomic mass is 19.1. The standard InChI is InChI=1S/C19H26FNO3/c1-18(2,3)24-17(23)21-11-9-19(4,10-12-21)16(22)13-14-7-5-6-8-15(14)20/h5-8H,9-13H2,1-4H3. The number of carbonyl (C=O) groups is 2. The molecule has 2 rings (SSSR count). The summed E-state index contributed by atoms with van der Waals surface area (Å²) in [4.78, 5) is 26.4. The molecule has 24 heavy (non-hydrogen) atoms. The molecule has 1 aliphatic rings. The lowest BCUT2D eigenvalue weighted by Gasteiger charge is -2.38. The van der Waals surface area contributed by atoms with Crippen molar-refractivity contribution in [2.75, 3.05) is 13.1 Å². The van der Waals surface area contributed by atoms with Gasteiger partial charge in [0.2, 0.25) is 0 Å². The van der Waals surface area contributed by atoms with Crippen LogP contribution in [-0.2, 0) is 16.0 Å². The highest BCUT2D eigenvalue weighted by Gasteiger charge is 2.38. The minimum Gasteiger partial charge on any atom is -0.444 e. The number of hydrogen-bond acceptors (Lipinski definition) is 3. The molecule has 1 aliphatic heterocycles. The van der Waals surface area contributed by atoms with Crippen LogP contribution in [0.25, 0.3) is 0 Å². The number of hydrogen-bond donors (Lipinski definition) is 0. The first-order valence-corrected chi connectivity index (χ1v) is 8.35. The number of ketones is 1. The number of piperidine rings is 1. The molecule has 1 aromatic carbocycles. The normalized spacial score (nSPS) is 17.5. The lowest BCUT2D eigenvalue weighted by Crippen LogP contribution is -2.47. The third-order valence-electron chi connectivity index (χ3n) is 4.50. The van der Waals surface area contributed by atoms with Crippen molar-refractivity contribution >= 4 is 11.9 Å². The molecule has 4 nitrogen and oxygen atoms in total. The molecule has 0 unspecified atom stereocenters. The smallest absolute Gasteiger partial charge is 0.410 e. The van der Waals surface area contributed by atoms with E-state index in [1.165, 1.54) is 6.07 Å². The van der Waals surface area contributed by atoms with E-state index in [9.17, 15) is 14.0 Å². The third-order valence-corrected chi connectivity index (χ3v) is 4.50. The third kappa shape index (κ3) is 4.56. The highest BCUT2D eigenvalue weighted by Crippen LogP contribution is 2.33. The Bertz CT molecular complexity index is 613. The van der Waals surface area contributed by atoms with Gasteiger partial charge in [-0.15, -0.1) is 0 Å². The second-order valence-electron chi connectivity index (χ2n) is 7.72. The molecule has 1 heterocycles. The first-order chi connectivity index (χ1) is 11.1. The van der Waals surface area contributed by atoms with Gasteiger partial charge in [-0.3, -0.25) is 4.79 Å². The summed E-state index contributed by atoms with van der Waals surface area (Å²) in [6, 6.07) is 6.37. The van der Waals surface area contributed by atoms with E-state index in [-0.39, 0.29) is 24.1 Å². The van der Waals surface area contributed by atoms with Crippen molar-refractivity contribution in [1.29, 1.82) is 0 Å². The molecule has 0 atom stereocenters. The van der Waals surface area contributed by atoms with Crippen LogP contribution in [0.3, 0.4) is 0 Å². The Balaban J connectivity index is 1.95. The largest absolute Gasteiger partial charge is 0.444 e. The van der Waals surface area contributed by atoms with Crippen molar-refractivity contribution in [3.05, 3.63) is 35.6 Å². The molecule has 0 N–H and O–H groups in total. The number of carbonyl (C=O) groups excluding carboxylic acids is 2. The van der Waals surface area contributed by atoms with E-state index in [1.807, 2.05) is 27.7 Å². The molecule has 5 heteroatoms. The Morgan fingerprint density at radius 2 is 1.79 bits per heavy atom. The summed E-state index contributed by atoms with van der Waals surface area (Å²) < 4.78 is 19.1. The van der Waals surface area contributed by atoms with E-state index in [0.717, 1.165) is 0 Å². The van der Waals surface area contributed by atoms with Gasteiger partial charge in [0.05, 0.1) is 0 Å². The SMILES string of the molecule is CC(C)(C)OC(=O)N1CCC(C)(C(=O)Cc2ccccc2F)CC1. The van der Waals surface area contributed by atoms with Gasteiger partial charge in [-0.25, -0.2) is 9.18 Å². The van der Waals surface area contributed by atoms with Crippen molar-refractivity contribution in [2.45, 2.75) is 52.6 Å². The van der Waals surface area contributed by atoms with Gasteiger partial charge in [-0.1, -0.05) is 25.1 Å². The van der Waals surface area contributed by atoms with Crippen molar-refractivity contribution < 1.29 is 18.7 Å². The molecular weight excluding hydrogens is 309 g/mol. The first-order valence-electron chi connectivity index (χ1n) is 8.35. The van der Waals surface area contributed by atoms with E-state index in [1.54, 1.807) is 23.1 Å². The summed E-state index contributed by atoms with van der Waals surface area (Å²) in [7, 11) is 0. The summed E-state index contributed by atoms with van der Waals surface area (Å²) in [5, 5.41) is 0. The maximum absolute atomic E-state index is 13.7. The predicted octanol–water partition coefficient (Wildman–Crippen LogP) is 3.97. The Labute approximate surface area is 143 Å². The highest BCUT2D eigenvalue weighted by molar-refractivity contribution is 5.86. The zero-order valence-electron chi connectivity index (χ0n) is 14.9. The number of nitrogens with zero attached hydrogens (tertiary/aromatic N) is 1. The zero-order valence-corrected chi connectivity index (χ0v) is 14.9. The number of amides is 1. The summed E-state index contributed by atoms with van der Waals surface area (Å²) in [6.45, 7) is 8.36. The summed E-state index contributed by atoms with van der Waals surface area (Å²) in [5.74, 6) is -0.322. The molecule has 1 aromatic rings. The molecule has 1 fully saturated rings. The molecule has 0 aromatic heterocycles. The fourth-order valence-electron chi connectivity index (χ4n) is 2.82. The van der Waals surface area contributed by atoms with Gasteiger partial charge in [-0.05, 0) is 45.2 Å². The Morgan fingerprint density at radius 3 is 2.33 bits per heavy atom. The number of Topliss-reactive ketones (excluding diaryl/α,β-unsaturated/α-hetero) is 1. The van der Waals surface area contributed by atoms with Gasteiger partial charge in [0.25, 0.3) is 0 Å². The Morgan fingerprint density at radius 1 is 1.21 bits per heavy atom. The van der Waals surface area contributed by atoms with Crippen LogP contribution in [0.4, 0.5) is 9.18 Å². The van der Waals surface area contributed by atoms with Gasteiger partial charge >= 0.3 is 6.09 Å². The van der Waals surface area contributed by atoms with Crippen LogP contribution in [0.1, 0.15) is 46.1 Å². The van der Waals surface area contributed by atoms with E-state index in [4.69, 9.17) is 4.74 Å². The van der Waals surface area contributed by atoms with Crippen LogP contribution in [0.5, 0.6) is 0 Å². The molecule has 0 saturated carbocycles. The maximum Gasteiger partial charge on any atom is 0.410 e. The average Bonchev–Trinajstić information content (AvgIpc) is 2.48. The van der Waals surface area contributed by atoms with Gasteiger partial charge in [-0.2, -0.15) is 0 Å². The van der Waals surface area contributed by atoms with Crippen molar-refractivity contribution in [3.63, 3.8) is 0 Å². The molecule has 0 radical (unpaired) electrons. The average molecular weight is 335 g/mol.